The van der Waals surface area contributed by atoms with Crippen LogP contribution in [0.15, 0.2) is 65.8 Å². The molecular weight excluding hydrogens is 454 g/mol. The number of carbonyl (C=O) groups is 1. The van der Waals surface area contributed by atoms with E-state index in [1.54, 1.807) is 34.9 Å². The number of hydrogen-bond donors (Lipinski definition) is 1. The number of imidazole rings is 1. The number of ether oxygens (including phenoxy) is 1. The van der Waals surface area contributed by atoms with Crippen LogP contribution < -0.4 is 10.1 Å². The molecule has 1 aromatic heterocycles. The molecule has 0 atom stereocenters. The molecule has 0 spiro atoms. The van der Waals surface area contributed by atoms with Gasteiger partial charge in [-0.05, 0) is 30.3 Å². The van der Waals surface area contributed by atoms with Crippen molar-refractivity contribution in [3.63, 3.8) is 0 Å². The second-order valence-corrected chi connectivity index (χ2v) is 7.74. The first-order valence-corrected chi connectivity index (χ1v) is 10.5. The molecule has 0 bridgehead atoms. The number of anilines is 1. The summed E-state index contributed by atoms with van der Waals surface area (Å²) in [5.74, 6) is -1.77. The minimum Gasteiger partial charge on any atom is -0.495 e. The monoisotopic (exact) mass is 470 g/mol. The predicted molar refractivity (Wildman–Crippen MR) is 120 cm³/mol. The van der Waals surface area contributed by atoms with Crippen LogP contribution >= 0.6 is 11.8 Å². The molecule has 4 rings (SSSR count). The van der Waals surface area contributed by atoms with Crippen molar-refractivity contribution in [3.05, 3.63) is 82.4 Å². The number of nitro benzene ring substituents is 1. The van der Waals surface area contributed by atoms with Gasteiger partial charge in [-0.3, -0.25) is 19.5 Å². The molecule has 0 fully saturated rings. The Morgan fingerprint density at radius 2 is 1.97 bits per heavy atom. The second kappa shape index (κ2) is 9.25. The van der Waals surface area contributed by atoms with E-state index in [9.17, 15) is 23.7 Å². The van der Waals surface area contributed by atoms with Gasteiger partial charge in [0, 0.05) is 18.2 Å². The number of amides is 1. The molecule has 1 N–H and O–H groups in total. The Kier molecular flexibility index (Phi) is 6.22. The number of nitrogens with zero attached hydrogens (tertiary/aromatic N) is 3. The molecule has 0 aliphatic heterocycles. The highest BCUT2D eigenvalue weighted by atomic mass is 32.2. The van der Waals surface area contributed by atoms with E-state index >= 15 is 0 Å². The number of carbonyl (C=O) groups excluding carboxylic acids is 1. The molecule has 0 saturated carbocycles. The van der Waals surface area contributed by atoms with Crippen molar-refractivity contribution in [2.45, 2.75) is 5.16 Å². The fourth-order valence-corrected chi connectivity index (χ4v) is 4.03. The van der Waals surface area contributed by atoms with E-state index in [4.69, 9.17) is 4.74 Å². The Labute approximate surface area is 190 Å². The molecule has 168 valence electrons. The normalized spacial score (nSPS) is 10.9. The fraction of sp³-hybridized carbons (Fsp3) is 0.0909. The number of fused-ring (bicyclic) bond motifs is 1. The number of halogens is 2. The highest BCUT2D eigenvalue weighted by Gasteiger charge is 2.19. The van der Waals surface area contributed by atoms with E-state index in [2.05, 4.69) is 10.3 Å². The zero-order valence-electron chi connectivity index (χ0n) is 17.1. The smallest absolute Gasteiger partial charge is 0.271 e. The summed E-state index contributed by atoms with van der Waals surface area (Å²) in [5.41, 5.74) is 1.31. The summed E-state index contributed by atoms with van der Waals surface area (Å²) in [5, 5.41) is 14.0. The summed E-state index contributed by atoms with van der Waals surface area (Å²) in [7, 11) is 1.51. The lowest BCUT2D eigenvalue weighted by Crippen LogP contribution is -2.15. The van der Waals surface area contributed by atoms with Crippen LogP contribution in [0.1, 0.15) is 0 Å². The van der Waals surface area contributed by atoms with Crippen molar-refractivity contribution < 1.29 is 23.2 Å². The van der Waals surface area contributed by atoms with Gasteiger partial charge in [0.05, 0.1) is 40.2 Å². The van der Waals surface area contributed by atoms with Crippen molar-refractivity contribution in [3.8, 4) is 11.4 Å². The highest BCUT2D eigenvalue weighted by Crippen LogP contribution is 2.34. The van der Waals surface area contributed by atoms with E-state index < -0.39 is 22.5 Å². The fourth-order valence-electron chi connectivity index (χ4n) is 3.21. The van der Waals surface area contributed by atoms with Crippen LogP contribution in [-0.2, 0) is 4.79 Å². The molecule has 0 aliphatic carbocycles. The van der Waals surface area contributed by atoms with E-state index in [-0.39, 0.29) is 17.1 Å². The molecule has 0 saturated heterocycles. The molecule has 3 aromatic carbocycles. The number of para-hydroxylation sites is 2. The third-order valence-corrected chi connectivity index (χ3v) is 5.62. The molecule has 4 aromatic rings. The van der Waals surface area contributed by atoms with Gasteiger partial charge in [0.25, 0.3) is 5.69 Å². The van der Waals surface area contributed by atoms with Gasteiger partial charge in [0.1, 0.15) is 17.4 Å². The number of methoxy groups -OCH3 is 1. The first-order valence-electron chi connectivity index (χ1n) is 9.55. The number of non-ortho nitro benzene ring substituents is 1. The van der Waals surface area contributed by atoms with Crippen LogP contribution in [0.25, 0.3) is 16.7 Å². The van der Waals surface area contributed by atoms with Crippen LogP contribution in [0.5, 0.6) is 5.75 Å². The van der Waals surface area contributed by atoms with E-state index in [0.29, 0.717) is 33.7 Å². The maximum atomic E-state index is 13.8. The van der Waals surface area contributed by atoms with Crippen LogP contribution in [0.4, 0.5) is 20.2 Å². The van der Waals surface area contributed by atoms with Gasteiger partial charge in [-0.1, -0.05) is 23.9 Å². The summed E-state index contributed by atoms with van der Waals surface area (Å²) in [4.78, 5) is 27.6. The van der Waals surface area contributed by atoms with Gasteiger partial charge in [-0.2, -0.15) is 0 Å². The second-order valence-electron chi connectivity index (χ2n) is 6.79. The van der Waals surface area contributed by atoms with E-state index in [1.165, 1.54) is 19.2 Å². The number of aromatic nitrogens is 2. The number of rotatable bonds is 7. The maximum Gasteiger partial charge on any atom is 0.271 e. The van der Waals surface area contributed by atoms with Crippen molar-refractivity contribution in [2.75, 3.05) is 18.2 Å². The van der Waals surface area contributed by atoms with Gasteiger partial charge in [0.15, 0.2) is 5.16 Å². The van der Waals surface area contributed by atoms with Crippen molar-refractivity contribution in [1.82, 2.24) is 9.55 Å². The molecule has 11 heteroatoms. The van der Waals surface area contributed by atoms with Crippen LogP contribution in [0.2, 0.25) is 0 Å². The first-order chi connectivity index (χ1) is 15.9. The standard InChI is InChI=1S/C22H16F2N4O4S/c1-32-20-5-3-2-4-19(20)27-18-9-7-14(28(30)31)11-17(18)26-22(27)33-12-21(29)25-16-8-6-13(23)10-15(16)24/h2-11H,12H2,1H3,(H,25,29). The molecule has 33 heavy (non-hydrogen) atoms. The summed E-state index contributed by atoms with van der Waals surface area (Å²) in [6.07, 6.45) is 0. The quantitative estimate of drug-likeness (QED) is 0.233. The lowest BCUT2D eigenvalue weighted by atomic mass is 10.2. The molecule has 1 amide bonds. The number of nitrogens with one attached hydrogen (secondary N) is 1. The van der Waals surface area contributed by atoms with Crippen molar-refractivity contribution >= 4 is 40.1 Å². The zero-order chi connectivity index (χ0) is 23.5. The lowest BCUT2D eigenvalue weighted by Gasteiger charge is -2.13. The Bertz CT molecular complexity index is 1380. The van der Waals surface area contributed by atoms with Gasteiger partial charge in [-0.25, -0.2) is 13.8 Å². The SMILES string of the molecule is COc1ccccc1-n1c(SCC(=O)Nc2ccc(F)cc2F)nc2cc([N+](=O)[O-])ccc21. The summed E-state index contributed by atoms with van der Waals surface area (Å²) >= 11 is 1.06. The minimum absolute atomic E-state index is 0.117. The minimum atomic E-state index is -0.887. The summed E-state index contributed by atoms with van der Waals surface area (Å²) in [6, 6.07) is 14.3. The number of thioether (sulfide) groups is 1. The largest absolute Gasteiger partial charge is 0.495 e. The van der Waals surface area contributed by atoms with Crippen molar-refractivity contribution in [2.24, 2.45) is 0 Å². The van der Waals surface area contributed by atoms with Crippen LogP contribution in [-0.4, -0.2) is 33.2 Å². The third kappa shape index (κ3) is 4.62. The lowest BCUT2D eigenvalue weighted by molar-refractivity contribution is -0.384. The Morgan fingerprint density at radius 3 is 2.70 bits per heavy atom. The summed E-state index contributed by atoms with van der Waals surface area (Å²) in [6.45, 7) is 0. The number of benzene rings is 3. The topological polar surface area (TPSA) is 99.3 Å². The van der Waals surface area contributed by atoms with Gasteiger partial charge in [0.2, 0.25) is 5.91 Å². The first kappa shape index (κ1) is 22.2. The van der Waals surface area contributed by atoms with Gasteiger partial charge in [-0.15, -0.1) is 0 Å². The average Bonchev–Trinajstić information content (AvgIpc) is 3.16. The van der Waals surface area contributed by atoms with E-state index in [0.717, 1.165) is 23.9 Å². The zero-order valence-corrected chi connectivity index (χ0v) is 17.9. The maximum absolute atomic E-state index is 13.8. The summed E-state index contributed by atoms with van der Waals surface area (Å²) < 4.78 is 34.1. The molecule has 1 heterocycles. The molecule has 8 nitrogen and oxygen atoms in total. The molecular formula is C22H16F2N4O4S. The van der Waals surface area contributed by atoms with Crippen LogP contribution in [0.3, 0.4) is 0 Å². The van der Waals surface area contributed by atoms with Crippen molar-refractivity contribution in [1.29, 1.82) is 0 Å². The average molecular weight is 470 g/mol. The Hall–Kier alpha value is -3.99. The molecule has 0 aliphatic rings. The highest BCUT2D eigenvalue weighted by molar-refractivity contribution is 7.99. The molecule has 0 radical (unpaired) electrons. The Morgan fingerprint density at radius 1 is 1.18 bits per heavy atom. The third-order valence-electron chi connectivity index (χ3n) is 4.68. The van der Waals surface area contributed by atoms with Crippen LogP contribution in [0, 0.1) is 21.7 Å². The molecule has 0 unspecified atom stereocenters. The van der Waals surface area contributed by atoms with E-state index in [1.807, 2.05) is 0 Å². The number of hydrogen-bond acceptors (Lipinski definition) is 6. The van der Waals surface area contributed by atoms with Gasteiger partial charge < -0.3 is 10.1 Å². The Balaban J connectivity index is 1.68. The predicted octanol–water partition coefficient (Wildman–Crippen LogP) is 4.95. The van der Waals surface area contributed by atoms with Gasteiger partial charge >= 0.3 is 0 Å². The number of nitro groups is 1.